The molecule has 0 bridgehead atoms. The average molecular weight is 545 g/mol. The number of aromatic nitrogens is 1. The van der Waals surface area contributed by atoms with Crippen molar-refractivity contribution in [2.75, 3.05) is 50.0 Å². The lowest BCUT2D eigenvalue weighted by molar-refractivity contribution is -0.118. The number of carbonyl (C=O) groups excluding carboxylic acids is 1. The van der Waals surface area contributed by atoms with E-state index in [0.29, 0.717) is 36.5 Å². The molecule has 0 radical (unpaired) electrons. The van der Waals surface area contributed by atoms with Gasteiger partial charge in [-0.05, 0) is 36.8 Å². The molecular formula is C23H27Cl2N3O4S2. The molecule has 0 aliphatic carbocycles. The van der Waals surface area contributed by atoms with E-state index in [-0.39, 0.29) is 35.4 Å². The third-order valence-electron chi connectivity index (χ3n) is 5.60. The number of carbonyl (C=O) groups is 1. The van der Waals surface area contributed by atoms with E-state index in [0.717, 1.165) is 28.9 Å². The summed E-state index contributed by atoms with van der Waals surface area (Å²) in [7, 11) is -3.55. The molecule has 34 heavy (non-hydrogen) atoms. The predicted molar refractivity (Wildman–Crippen MR) is 139 cm³/mol. The van der Waals surface area contributed by atoms with Gasteiger partial charge in [0.15, 0.2) is 15.0 Å². The first kappa shape index (κ1) is 26.8. The Morgan fingerprint density at radius 2 is 1.91 bits per heavy atom. The monoisotopic (exact) mass is 543 g/mol. The highest BCUT2D eigenvalue weighted by Gasteiger charge is 2.24. The van der Waals surface area contributed by atoms with Crippen LogP contribution in [0.3, 0.4) is 0 Å². The fourth-order valence-corrected chi connectivity index (χ4v) is 6.47. The van der Waals surface area contributed by atoms with Crippen molar-refractivity contribution in [3.05, 3.63) is 53.1 Å². The molecule has 1 fully saturated rings. The van der Waals surface area contributed by atoms with Crippen LogP contribution in [-0.4, -0.2) is 69.4 Å². The van der Waals surface area contributed by atoms with E-state index in [2.05, 4.69) is 4.90 Å². The SMILES string of the molecule is Cc1cc(Cl)cc2sc(N(CCN3CCOCC3)C(=O)CCS(=O)(=O)c3ccccc3)nc12.Cl. The Kier molecular flexibility index (Phi) is 9.31. The molecule has 0 unspecified atom stereocenters. The number of rotatable bonds is 8. The highest BCUT2D eigenvalue weighted by Crippen LogP contribution is 2.33. The van der Waals surface area contributed by atoms with E-state index in [1.807, 2.05) is 19.1 Å². The highest BCUT2D eigenvalue weighted by atomic mass is 35.5. The molecule has 0 saturated carbocycles. The average Bonchev–Trinajstić information content (AvgIpc) is 3.23. The van der Waals surface area contributed by atoms with Gasteiger partial charge in [-0.25, -0.2) is 13.4 Å². The van der Waals surface area contributed by atoms with Crippen molar-refractivity contribution < 1.29 is 17.9 Å². The number of halogens is 2. The minimum absolute atomic E-state index is 0. The molecule has 1 aliphatic heterocycles. The summed E-state index contributed by atoms with van der Waals surface area (Å²) in [6.07, 6.45) is -0.115. The summed E-state index contributed by atoms with van der Waals surface area (Å²) in [5.74, 6) is -0.509. The molecule has 184 valence electrons. The van der Waals surface area contributed by atoms with Crippen LogP contribution in [0.25, 0.3) is 10.2 Å². The van der Waals surface area contributed by atoms with Gasteiger partial charge in [0.25, 0.3) is 0 Å². The van der Waals surface area contributed by atoms with Crippen LogP contribution in [0.2, 0.25) is 5.02 Å². The third-order valence-corrected chi connectivity index (χ3v) is 8.58. The van der Waals surface area contributed by atoms with Gasteiger partial charge in [-0.2, -0.15) is 0 Å². The lowest BCUT2D eigenvalue weighted by Gasteiger charge is -2.29. The minimum atomic E-state index is -3.55. The van der Waals surface area contributed by atoms with Crippen LogP contribution >= 0.6 is 35.3 Å². The fraction of sp³-hybridized carbons (Fsp3) is 0.391. The zero-order valence-electron chi connectivity index (χ0n) is 18.8. The first-order valence-electron chi connectivity index (χ1n) is 10.8. The molecule has 0 atom stereocenters. The Morgan fingerprint density at radius 1 is 1.21 bits per heavy atom. The summed E-state index contributed by atoms with van der Waals surface area (Å²) in [4.78, 5) is 22.1. The zero-order valence-corrected chi connectivity index (χ0v) is 22.0. The summed E-state index contributed by atoms with van der Waals surface area (Å²) in [5, 5.41) is 1.18. The summed E-state index contributed by atoms with van der Waals surface area (Å²) in [6.45, 7) is 5.97. The third kappa shape index (κ3) is 6.47. The molecule has 0 N–H and O–H groups in total. The van der Waals surface area contributed by atoms with Gasteiger partial charge in [0.2, 0.25) is 5.91 Å². The molecule has 1 aromatic heterocycles. The second-order valence-corrected chi connectivity index (χ2v) is 11.5. The van der Waals surface area contributed by atoms with Gasteiger partial charge in [-0.1, -0.05) is 41.1 Å². The largest absolute Gasteiger partial charge is 0.379 e. The number of amides is 1. The van der Waals surface area contributed by atoms with Crippen molar-refractivity contribution in [1.29, 1.82) is 0 Å². The van der Waals surface area contributed by atoms with E-state index >= 15 is 0 Å². The molecule has 7 nitrogen and oxygen atoms in total. The Hall–Kier alpha value is -1.75. The number of benzene rings is 2. The fourth-order valence-electron chi connectivity index (χ4n) is 3.75. The molecule has 1 aliphatic rings. The highest BCUT2D eigenvalue weighted by molar-refractivity contribution is 7.91. The molecule has 4 rings (SSSR count). The van der Waals surface area contributed by atoms with Crippen molar-refractivity contribution in [3.8, 4) is 0 Å². The number of morpholine rings is 1. The number of anilines is 1. The summed E-state index contributed by atoms with van der Waals surface area (Å²) >= 11 is 7.60. The Balaban J connectivity index is 0.00000324. The van der Waals surface area contributed by atoms with Crippen molar-refractivity contribution in [2.45, 2.75) is 18.2 Å². The number of fused-ring (bicyclic) bond motifs is 1. The van der Waals surface area contributed by atoms with Gasteiger partial charge in [0.05, 0.1) is 34.1 Å². The predicted octanol–water partition coefficient (Wildman–Crippen LogP) is 4.21. The Labute approximate surface area is 215 Å². The van der Waals surface area contributed by atoms with Gasteiger partial charge < -0.3 is 4.74 Å². The topological polar surface area (TPSA) is 79.8 Å². The molecule has 11 heteroatoms. The number of nitrogens with zero attached hydrogens (tertiary/aromatic N) is 3. The van der Waals surface area contributed by atoms with Gasteiger partial charge >= 0.3 is 0 Å². The van der Waals surface area contributed by atoms with E-state index in [4.69, 9.17) is 21.3 Å². The number of hydrogen-bond donors (Lipinski definition) is 0. The second-order valence-electron chi connectivity index (χ2n) is 7.95. The summed E-state index contributed by atoms with van der Waals surface area (Å²) in [6, 6.07) is 11.9. The normalized spacial score (nSPS) is 14.6. The van der Waals surface area contributed by atoms with E-state index in [1.54, 1.807) is 35.2 Å². The lowest BCUT2D eigenvalue weighted by atomic mass is 10.2. The van der Waals surface area contributed by atoms with Gasteiger partial charge in [-0.3, -0.25) is 14.6 Å². The van der Waals surface area contributed by atoms with E-state index < -0.39 is 9.84 Å². The molecule has 0 spiro atoms. The lowest BCUT2D eigenvalue weighted by Crippen LogP contribution is -2.43. The van der Waals surface area contributed by atoms with Crippen LogP contribution < -0.4 is 4.90 Å². The Morgan fingerprint density at radius 3 is 2.62 bits per heavy atom. The number of thiazole rings is 1. The molecule has 1 saturated heterocycles. The van der Waals surface area contributed by atoms with Crippen LogP contribution in [0.4, 0.5) is 5.13 Å². The van der Waals surface area contributed by atoms with Crippen molar-refractivity contribution in [3.63, 3.8) is 0 Å². The standard InChI is InChI=1S/C23H26ClN3O4S2.ClH/c1-17-15-18(24)16-20-22(17)25-23(32-20)27(9-8-26-10-12-31-13-11-26)21(28)7-14-33(29,30)19-5-3-2-4-6-19;/h2-6,15-16H,7-14H2,1H3;1H. The van der Waals surface area contributed by atoms with Gasteiger partial charge in [0.1, 0.15) is 0 Å². The summed E-state index contributed by atoms with van der Waals surface area (Å²) < 4.78 is 31.7. The van der Waals surface area contributed by atoms with Crippen LogP contribution in [0.5, 0.6) is 0 Å². The first-order valence-corrected chi connectivity index (χ1v) is 13.6. The molecule has 2 heterocycles. The van der Waals surface area contributed by atoms with Crippen molar-refractivity contribution >= 4 is 66.4 Å². The number of aryl methyl sites for hydroxylation is 1. The van der Waals surface area contributed by atoms with Crippen LogP contribution in [0.15, 0.2) is 47.4 Å². The van der Waals surface area contributed by atoms with Crippen molar-refractivity contribution in [1.82, 2.24) is 9.88 Å². The molecule has 3 aromatic rings. The Bertz CT molecular complexity index is 1230. The number of ether oxygens (including phenoxy) is 1. The maximum atomic E-state index is 13.3. The van der Waals surface area contributed by atoms with E-state index in [9.17, 15) is 13.2 Å². The smallest absolute Gasteiger partial charge is 0.229 e. The molecular weight excluding hydrogens is 517 g/mol. The first-order chi connectivity index (χ1) is 15.8. The van der Waals surface area contributed by atoms with Gasteiger partial charge in [-0.15, -0.1) is 12.4 Å². The molecule has 1 amide bonds. The van der Waals surface area contributed by atoms with E-state index in [1.165, 1.54) is 11.3 Å². The maximum absolute atomic E-state index is 13.3. The quantitative estimate of drug-likeness (QED) is 0.423. The summed E-state index contributed by atoms with van der Waals surface area (Å²) in [5.41, 5.74) is 1.74. The maximum Gasteiger partial charge on any atom is 0.229 e. The number of sulfone groups is 1. The van der Waals surface area contributed by atoms with Crippen LogP contribution in [0.1, 0.15) is 12.0 Å². The van der Waals surface area contributed by atoms with Crippen LogP contribution in [-0.2, 0) is 19.4 Å². The van der Waals surface area contributed by atoms with Crippen LogP contribution in [0, 0.1) is 6.92 Å². The second kappa shape index (κ2) is 11.8. The molecule has 2 aromatic carbocycles. The zero-order chi connectivity index (χ0) is 23.4. The minimum Gasteiger partial charge on any atom is -0.379 e. The number of hydrogen-bond acceptors (Lipinski definition) is 7. The van der Waals surface area contributed by atoms with Gasteiger partial charge in [0, 0.05) is 37.6 Å². The van der Waals surface area contributed by atoms with Crippen molar-refractivity contribution in [2.24, 2.45) is 0 Å².